The zero-order valence-electron chi connectivity index (χ0n) is 15.4. The molecule has 2 aromatic heterocycles. The van der Waals surface area contributed by atoms with Crippen LogP contribution in [0.3, 0.4) is 0 Å². The summed E-state index contributed by atoms with van der Waals surface area (Å²) in [6, 6.07) is 18.3. The molecule has 0 aliphatic carbocycles. The minimum Gasteiger partial charge on any atom is -0.239 e. The van der Waals surface area contributed by atoms with Crippen molar-refractivity contribution in [2.45, 2.75) is 10.8 Å². The number of hydrogen-bond acceptors (Lipinski definition) is 4. The second-order valence-electron chi connectivity index (χ2n) is 6.34. The summed E-state index contributed by atoms with van der Waals surface area (Å²) in [5.41, 5.74) is 2.37. The minimum absolute atomic E-state index is 0.180. The van der Waals surface area contributed by atoms with E-state index in [9.17, 15) is 14.0 Å². The lowest BCUT2D eigenvalue weighted by atomic mass is 10.00. The molecule has 0 unspecified atom stereocenters. The quantitative estimate of drug-likeness (QED) is 0.292. The maximum atomic E-state index is 14.7. The van der Waals surface area contributed by atoms with Gasteiger partial charge in [0.2, 0.25) is 0 Å². The molecule has 0 spiro atoms. The fraction of sp³-hybridized carbons (Fsp3) is 0.0435. The van der Waals surface area contributed by atoms with Gasteiger partial charge in [-0.2, -0.15) is 5.26 Å². The molecule has 0 aliphatic heterocycles. The zero-order chi connectivity index (χ0) is 21.1. The van der Waals surface area contributed by atoms with Crippen LogP contribution < -0.4 is 0 Å². The molecule has 0 aliphatic rings. The molecule has 0 saturated carbocycles. The first-order chi connectivity index (χ1) is 14.6. The number of hydrogen-bond donors (Lipinski definition) is 0. The summed E-state index contributed by atoms with van der Waals surface area (Å²) >= 11 is 9.15. The second kappa shape index (κ2) is 8.97. The molecule has 0 N–H and O–H groups in total. The van der Waals surface area contributed by atoms with E-state index in [1.165, 1.54) is 47.4 Å². The van der Waals surface area contributed by atoms with E-state index in [-0.39, 0.29) is 22.0 Å². The molecular weight excluding hydrogens is 442 g/mol. The average Bonchev–Trinajstić information content (AvgIpc) is 3.28. The van der Waals surface area contributed by atoms with Crippen molar-refractivity contribution in [3.63, 3.8) is 0 Å². The normalized spacial score (nSPS) is 10.7. The van der Waals surface area contributed by atoms with Crippen LogP contribution in [0.25, 0.3) is 21.7 Å². The van der Waals surface area contributed by atoms with Crippen LogP contribution in [0.5, 0.6) is 0 Å². The van der Waals surface area contributed by atoms with Crippen molar-refractivity contribution in [1.82, 2.24) is 4.98 Å². The predicted octanol–water partition coefficient (Wildman–Crippen LogP) is 7.57. The summed E-state index contributed by atoms with van der Waals surface area (Å²) in [7, 11) is 0. The van der Waals surface area contributed by atoms with Crippen LogP contribution >= 0.6 is 34.7 Å². The molecule has 0 bridgehead atoms. The SMILES string of the molecule is N#Cc1c(-c2c(F)cccc2Cl)cc(-c2cccs2)nc1SCc1ccc(F)cc1. The Morgan fingerprint density at radius 3 is 2.53 bits per heavy atom. The maximum Gasteiger partial charge on any atom is 0.132 e. The van der Waals surface area contributed by atoms with Crippen LogP contribution in [0.1, 0.15) is 11.1 Å². The Bertz CT molecular complexity index is 1210. The molecular formula is C23H13ClF2N2S2. The van der Waals surface area contributed by atoms with Gasteiger partial charge in [0.1, 0.15) is 22.7 Å². The first-order valence-electron chi connectivity index (χ1n) is 8.87. The van der Waals surface area contributed by atoms with Crippen molar-refractivity contribution in [2.75, 3.05) is 0 Å². The van der Waals surface area contributed by atoms with E-state index >= 15 is 0 Å². The molecule has 30 heavy (non-hydrogen) atoms. The Morgan fingerprint density at radius 2 is 1.87 bits per heavy atom. The molecule has 7 heteroatoms. The van der Waals surface area contributed by atoms with Gasteiger partial charge < -0.3 is 0 Å². The van der Waals surface area contributed by atoms with Crippen LogP contribution in [0.2, 0.25) is 5.02 Å². The molecule has 2 aromatic carbocycles. The summed E-state index contributed by atoms with van der Waals surface area (Å²) in [6.45, 7) is 0. The highest BCUT2D eigenvalue weighted by Gasteiger charge is 2.20. The largest absolute Gasteiger partial charge is 0.239 e. The molecule has 0 amide bonds. The van der Waals surface area contributed by atoms with Crippen LogP contribution in [0.15, 0.2) is 71.1 Å². The van der Waals surface area contributed by atoms with Gasteiger partial charge in [0.25, 0.3) is 0 Å². The van der Waals surface area contributed by atoms with E-state index in [4.69, 9.17) is 11.6 Å². The third-order valence-corrected chi connectivity index (χ3v) is 6.65. The van der Waals surface area contributed by atoms with Gasteiger partial charge in [0.15, 0.2) is 0 Å². The minimum atomic E-state index is -0.503. The lowest BCUT2D eigenvalue weighted by molar-refractivity contribution is 0.627. The number of rotatable bonds is 5. The Balaban J connectivity index is 1.85. The number of aromatic nitrogens is 1. The third-order valence-electron chi connectivity index (χ3n) is 4.39. The fourth-order valence-corrected chi connectivity index (χ4v) is 4.88. The average molecular weight is 455 g/mol. The van der Waals surface area contributed by atoms with E-state index in [1.54, 1.807) is 24.3 Å². The van der Waals surface area contributed by atoms with Crippen molar-refractivity contribution in [2.24, 2.45) is 0 Å². The van der Waals surface area contributed by atoms with Gasteiger partial charge in [-0.15, -0.1) is 23.1 Å². The van der Waals surface area contributed by atoms with Gasteiger partial charge in [0, 0.05) is 16.9 Å². The lowest BCUT2D eigenvalue weighted by Crippen LogP contribution is -1.97. The molecule has 2 heterocycles. The second-order valence-corrected chi connectivity index (χ2v) is 8.66. The van der Waals surface area contributed by atoms with Gasteiger partial charge in [0.05, 0.1) is 21.2 Å². The first kappa shape index (κ1) is 20.5. The van der Waals surface area contributed by atoms with Crippen LogP contribution in [-0.2, 0) is 5.75 Å². The predicted molar refractivity (Wildman–Crippen MR) is 119 cm³/mol. The number of pyridine rings is 1. The van der Waals surface area contributed by atoms with Gasteiger partial charge in [-0.1, -0.05) is 35.9 Å². The highest BCUT2D eigenvalue weighted by atomic mass is 35.5. The summed E-state index contributed by atoms with van der Waals surface area (Å²) in [5, 5.41) is 12.5. The van der Waals surface area contributed by atoms with Crippen molar-refractivity contribution in [3.05, 3.63) is 93.8 Å². The maximum absolute atomic E-state index is 14.7. The topological polar surface area (TPSA) is 36.7 Å². The molecule has 4 aromatic rings. The molecule has 0 atom stereocenters. The smallest absolute Gasteiger partial charge is 0.132 e. The highest BCUT2D eigenvalue weighted by molar-refractivity contribution is 7.98. The van der Waals surface area contributed by atoms with E-state index in [0.29, 0.717) is 22.0 Å². The van der Waals surface area contributed by atoms with E-state index in [2.05, 4.69) is 11.1 Å². The molecule has 2 nitrogen and oxygen atoms in total. The summed E-state index contributed by atoms with van der Waals surface area (Å²) in [5.74, 6) is -0.326. The number of nitrogens with zero attached hydrogens (tertiary/aromatic N) is 2. The van der Waals surface area contributed by atoms with Gasteiger partial charge in [-0.05, 0) is 47.3 Å². The Hall–Kier alpha value is -2.72. The summed E-state index contributed by atoms with van der Waals surface area (Å²) in [4.78, 5) is 5.58. The number of nitriles is 1. The van der Waals surface area contributed by atoms with Crippen molar-refractivity contribution in [3.8, 4) is 27.8 Å². The third kappa shape index (κ3) is 4.24. The van der Waals surface area contributed by atoms with Crippen molar-refractivity contribution in [1.29, 1.82) is 5.26 Å². The molecule has 148 valence electrons. The molecule has 0 fully saturated rings. The van der Waals surface area contributed by atoms with E-state index in [1.807, 2.05) is 17.5 Å². The number of thiophene rings is 1. The number of halogens is 3. The van der Waals surface area contributed by atoms with E-state index in [0.717, 1.165) is 10.4 Å². The van der Waals surface area contributed by atoms with Crippen LogP contribution in [-0.4, -0.2) is 4.98 Å². The zero-order valence-corrected chi connectivity index (χ0v) is 17.8. The van der Waals surface area contributed by atoms with Crippen LogP contribution in [0, 0.1) is 23.0 Å². The van der Waals surface area contributed by atoms with Crippen LogP contribution in [0.4, 0.5) is 8.78 Å². The number of benzene rings is 2. The van der Waals surface area contributed by atoms with Gasteiger partial charge >= 0.3 is 0 Å². The van der Waals surface area contributed by atoms with Gasteiger partial charge in [-0.25, -0.2) is 13.8 Å². The summed E-state index contributed by atoms with van der Waals surface area (Å²) < 4.78 is 27.9. The monoisotopic (exact) mass is 454 g/mol. The molecule has 0 saturated heterocycles. The van der Waals surface area contributed by atoms with Crippen molar-refractivity contribution < 1.29 is 8.78 Å². The standard InChI is InChI=1S/C23H13ClF2N2S2/c24-18-3-1-4-19(26)22(18)16-11-20(21-5-2-10-29-21)28-23(17(16)12-27)30-13-14-6-8-15(25)9-7-14/h1-11H,13H2. The van der Waals surface area contributed by atoms with Crippen molar-refractivity contribution >= 4 is 34.7 Å². The highest BCUT2D eigenvalue weighted by Crippen LogP contribution is 2.39. The Labute approximate surface area is 185 Å². The first-order valence-corrected chi connectivity index (χ1v) is 11.1. The van der Waals surface area contributed by atoms with E-state index < -0.39 is 5.82 Å². The number of thioether (sulfide) groups is 1. The molecule has 4 rings (SSSR count). The Kier molecular flexibility index (Phi) is 6.14. The molecule has 0 radical (unpaired) electrons. The van der Waals surface area contributed by atoms with Gasteiger partial charge in [-0.3, -0.25) is 0 Å². The Morgan fingerprint density at radius 1 is 1.07 bits per heavy atom. The fourth-order valence-electron chi connectivity index (χ4n) is 2.97. The summed E-state index contributed by atoms with van der Waals surface area (Å²) in [6.07, 6.45) is 0. The lowest BCUT2D eigenvalue weighted by Gasteiger charge is -2.13.